The molecule has 0 aliphatic heterocycles. The van der Waals surface area contributed by atoms with Crippen LogP contribution in [0.2, 0.25) is 0 Å². The molecule has 0 spiro atoms. The molecule has 1 amide bonds. The van der Waals surface area contributed by atoms with Gasteiger partial charge in [0.1, 0.15) is 17.2 Å². The third-order valence-corrected chi connectivity index (χ3v) is 8.74. The number of amides is 1. The number of sulfonamides is 1. The van der Waals surface area contributed by atoms with Gasteiger partial charge in [0.25, 0.3) is 0 Å². The van der Waals surface area contributed by atoms with Gasteiger partial charge in [0.15, 0.2) is 10.8 Å². The van der Waals surface area contributed by atoms with Gasteiger partial charge in [0.2, 0.25) is 15.9 Å². The first-order valence-corrected chi connectivity index (χ1v) is 14.6. The maximum Gasteiger partial charge on any atom is 0.394 e. The van der Waals surface area contributed by atoms with Crippen molar-refractivity contribution >= 4 is 38.7 Å². The van der Waals surface area contributed by atoms with Crippen molar-refractivity contribution in [1.82, 2.24) is 9.29 Å². The second-order valence-electron chi connectivity index (χ2n) is 9.73. The molecule has 0 saturated carbocycles. The second kappa shape index (κ2) is 12.5. The summed E-state index contributed by atoms with van der Waals surface area (Å²) in [7, 11) is -4.28. The molecule has 1 unspecified atom stereocenters. The number of carboxylic acids is 1. The summed E-state index contributed by atoms with van der Waals surface area (Å²) in [5.41, 5.74) is 2.67. The normalized spacial score (nSPS) is 12.3. The molecule has 5 rings (SSSR count). The van der Waals surface area contributed by atoms with Crippen molar-refractivity contribution in [3.8, 4) is 0 Å². The number of carboxylic acid groups (broad SMARTS) is 1. The second-order valence-corrected chi connectivity index (χ2v) is 11.9. The van der Waals surface area contributed by atoms with Gasteiger partial charge in [-0.3, -0.25) is 4.79 Å². The van der Waals surface area contributed by atoms with Crippen LogP contribution < -0.4 is 5.32 Å². The first kappa shape index (κ1) is 29.5. The van der Waals surface area contributed by atoms with Crippen LogP contribution in [0.3, 0.4) is 0 Å². The van der Waals surface area contributed by atoms with E-state index in [4.69, 9.17) is 9.52 Å². The van der Waals surface area contributed by atoms with Crippen molar-refractivity contribution in [3.63, 3.8) is 0 Å². The quantitative estimate of drug-likeness (QED) is 0.203. The fourth-order valence-corrected chi connectivity index (χ4v) is 6.25. The number of anilines is 1. The van der Waals surface area contributed by atoms with Crippen molar-refractivity contribution in [2.24, 2.45) is 0 Å². The summed E-state index contributed by atoms with van der Waals surface area (Å²) >= 11 is 0. The molecule has 9 nitrogen and oxygen atoms in total. The highest BCUT2D eigenvalue weighted by atomic mass is 32.2. The van der Waals surface area contributed by atoms with E-state index in [0.717, 1.165) is 0 Å². The van der Waals surface area contributed by atoms with Gasteiger partial charge >= 0.3 is 11.9 Å². The molecule has 0 aliphatic rings. The SMILES string of the molecule is O=C(O)C(=O)Nc1ccc(CC(c2nc3ccccc3o2)S(=O)(=O)N(Cc2ccc(F)cc2)Cc2ccc(F)cc2)cc1. The number of carbonyl (C=O) groups is 2. The number of hydrogen-bond donors (Lipinski definition) is 2. The largest absolute Gasteiger partial charge is 0.474 e. The molecule has 0 bridgehead atoms. The lowest BCUT2D eigenvalue weighted by Crippen LogP contribution is -2.35. The maximum atomic E-state index is 14.5. The Labute approximate surface area is 245 Å². The minimum absolute atomic E-state index is 0.0485. The van der Waals surface area contributed by atoms with Crippen molar-refractivity contribution in [3.05, 3.63) is 131 Å². The van der Waals surface area contributed by atoms with Crippen LogP contribution in [0.25, 0.3) is 11.1 Å². The Kier molecular flexibility index (Phi) is 8.60. The van der Waals surface area contributed by atoms with Gasteiger partial charge in [-0.2, -0.15) is 4.31 Å². The number of nitrogens with zero attached hydrogens (tertiary/aromatic N) is 2. The fraction of sp³-hybridized carbons (Fsp3) is 0.129. The van der Waals surface area contributed by atoms with Crippen molar-refractivity contribution < 1.29 is 36.3 Å². The Balaban J connectivity index is 1.54. The number of carbonyl (C=O) groups excluding carboxylic acids is 1. The molecular weight excluding hydrogens is 580 g/mol. The summed E-state index contributed by atoms with van der Waals surface area (Å²) in [5, 5.41) is 9.76. The van der Waals surface area contributed by atoms with Gasteiger partial charge in [-0.15, -0.1) is 0 Å². The average Bonchev–Trinajstić information content (AvgIpc) is 3.42. The molecule has 12 heteroatoms. The molecule has 0 radical (unpaired) electrons. The monoisotopic (exact) mass is 605 g/mol. The molecule has 43 heavy (non-hydrogen) atoms. The van der Waals surface area contributed by atoms with Crippen LogP contribution >= 0.6 is 0 Å². The van der Waals surface area contributed by atoms with Crippen LogP contribution in [-0.2, 0) is 39.1 Å². The number of nitrogens with one attached hydrogen (secondary N) is 1. The lowest BCUT2D eigenvalue weighted by atomic mass is 10.1. The van der Waals surface area contributed by atoms with Crippen molar-refractivity contribution in [1.29, 1.82) is 0 Å². The Bertz CT molecular complexity index is 1780. The highest BCUT2D eigenvalue weighted by molar-refractivity contribution is 7.89. The molecule has 1 aromatic heterocycles. The third kappa shape index (κ3) is 7.11. The van der Waals surface area contributed by atoms with Crippen LogP contribution in [0.5, 0.6) is 0 Å². The first-order valence-electron chi connectivity index (χ1n) is 13.0. The minimum Gasteiger partial charge on any atom is -0.474 e. The highest BCUT2D eigenvalue weighted by Crippen LogP contribution is 2.33. The van der Waals surface area contributed by atoms with Crippen molar-refractivity contribution in [2.75, 3.05) is 5.32 Å². The Morgan fingerprint density at radius 2 is 1.35 bits per heavy atom. The minimum atomic E-state index is -4.28. The Morgan fingerprint density at radius 1 is 0.814 bits per heavy atom. The lowest BCUT2D eigenvalue weighted by molar-refractivity contribution is -0.147. The third-order valence-electron chi connectivity index (χ3n) is 6.68. The summed E-state index contributed by atoms with van der Waals surface area (Å²) in [6, 6.07) is 23.8. The van der Waals surface area contributed by atoms with E-state index < -0.39 is 38.8 Å². The predicted octanol–water partition coefficient (Wildman–Crippen LogP) is 5.45. The summed E-state index contributed by atoms with van der Waals surface area (Å²) in [6.07, 6.45) is -0.0916. The number of rotatable bonds is 10. The smallest absolute Gasteiger partial charge is 0.394 e. The summed E-state index contributed by atoms with van der Waals surface area (Å²) in [5.74, 6) is -3.84. The van der Waals surface area contributed by atoms with E-state index in [1.807, 2.05) is 0 Å². The zero-order valence-corrected chi connectivity index (χ0v) is 23.3. The lowest BCUT2D eigenvalue weighted by Gasteiger charge is -2.27. The van der Waals surface area contributed by atoms with E-state index in [9.17, 15) is 26.8 Å². The molecule has 2 N–H and O–H groups in total. The van der Waals surface area contributed by atoms with Crippen LogP contribution in [0.1, 0.15) is 27.8 Å². The summed E-state index contributed by atoms with van der Waals surface area (Å²) in [6.45, 7) is -0.228. The van der Waals surface area contributed by atoms with Crippen molar-refractivity contribution in [2.45, 2.75) is 24.8 Å². The van der Waals surface area contributed by atoms with E-state index in [0.29, 0.717) is 27.8 Å². The Morgan fingerprint density at radius 3 is 1.88 bits per heavy atom. The van der Waals surface area contributed by atoms with Gasteiger partial charge < -0.3 is 14.8 Å². The molecule has 0 aliphatic carbocycles. The van der Waals surface area contributed by atoms with E-state index in [-0.39, 0.29) is 31.1 Å². The molecule has 1 heterocycles. The molecular formula is C31H25F2N3O6S. The van der Waals surface area contributed by atoms with Crippen LogP contribution in [0.15, 0.2) is 101 Å². The molecule has 0 saturated heterocycles. The molecule has 4 aromatic carbocycles. The number of aromatic nitrogens is 1. The standard InChI is InChI=1S/C31H25F2N3O6S/c32-23-11-5-21(6-12-23)18-36(19-22-7-13-24(33)14-8-22)43(40,41)28(30-35-26-3-1-2-4-27(26)42-30)17-20-9-15-25(16-10-20)34-29(37)31(38)39/h1-16,28H,17-19H2,(H,34,37)(H,38,39). The number of hydrogen-bond acceptors (Lipinski definition) is 6. The number of halogens is 2. The predicted molar refractivity (Wildman–Crippen MR) is 154 cm³/mol. The maximum absolute atomic E-state index is 14.5. The van der Waals surface area contributed by atoms with Gasteiger partial charge in [0, 0.05) is 18.8 Å². The summed E-state index contributed by atoms with van der Waals surface area (Å²) < 4.78 is 63.4. The first-order chi connectivity index (χ1) is 20.6. The topological polar surface area (TPSA) is 130 Å². The molecule has 220 valence electrons. The number of fused-ring (bicyclic) bond motifs is 1. The number of oxazole rings is 1. The van der Waals surface area contributed by atoms with Gasteiger partial charge in [-0.05, 0) is 71.6 Å². The molecule has 5 aromatic rings. The molecule has 0 fully saturated rings. The zero-order chi connectivity index (χ0) is 30.6. The number of aliphatic carboxylic acids is 1. The van der Waals surface area contributed by atoms with E-state index in [1.54, 1.807) is 36.4 Å². The van der Waals surface area contributed by atoms with Crippen LogP contribution in [0, 0.1) is 11.6 Å². The highest BCUT2D eigenvalue weighted by Gasteiger charge is 2.37. The zero-order valence-electron chi connectivity index (χ0n) is 22.5. The summed E-state index contributed by atoms with van der Waals surface area (Å²) in [4.78, 5) is 26.9. The van der Waals surface area contributed by atoms with Gasteiger partial charge in [0.05, 0.1) is 0 Å². The van der Waals surface area contributed by atoms with Crippen LogP contribution in [-0.4, -0.2) is 34.7 Å². The number of para-hydroxylation sites is 2. The van der Waals surface area contributed by atoms with Gasteiger partial charge in [-0.25, -0.2) is 27.0 Å². The van der Waals surface area contributed by atoms with E-state index in [2.05, 4.69) is 10.3 Å². The van der Waals surface area contributed by atoms with E-state index >= 15 is 0 Å². The number of benzene rings is 4. The average molecular weight is 606 g/mol. The van der Waals surface area contributed by atoms with E-state index in [1.165, 1.54) is 65.0 Å². The molecule has 1 atom stereocenters. The Hall–Kier alpha value is -4.94. The fourth-order valence-electron chi connectivity index (χ4n) is 4.47. The van der Waals surface area contributed by atoms with Gasteiger partial charge in [-0.1, -0.05) is 48.5 Å². The van der Waals surface area contributed by atoms with Crippen LogP contribution in [0.4, 0.5) is 14.5 Å².